The summed E-state index contributed by atoms with van der Waals surface area (Å²) in [6.07, 6.45) is -1.30. The fourth-order valence-corrected chi connectivity index (χ4v) is 4.07. The SMILES string of the molecule is CC1C(=O)NN=C2COc3cc(-c4cccc(C(F)(F)F)c4)c(NC4CCC4)cc3N21. The summed E-state index contributed by atoms with van der Waals surface area (Å²) >= 11 is 0. The first kappa shape index (κ1) is 19.7. The van der Waals surface area contributed by atoms with Crippen LogP contribution in [-0.2, 0) is 11.0 Å². The zero-order valence-corrected chi connectivity index (χ0v) is 16.8. The fraction of sp³-hybridized carbons (Fsp3) is 0.364. The topological polar surface area (TPSA) is 66.0 Å². The van der Waals surface area contributed by atoms with Crippen LogP contribution in [-0.4, -0.2) is 30.4 Å². The quantitative estimate of drug-likeness (QED) is 0.759. The van der Waals surface area contributed by atoms with Gasteiger partial charge in [0.2, 0.25) is 0 Å². The van der Waals surface area contributed by atoms with E-state index in [1.165, 1.54) is 6.07 Å². The summed E-state index contributed by atoms with van der Waals surface area (Å²) in [5, 5.41) is 7.56. The first-order chi connectivity index (χ1) is 14.8. The Morgan fingerprint density at radius 1 is 1.23 bits per heavy atom. The van der Waals surface area contributed by atoms with Gasteiger partial charge in [0.1, 0.15) is 18.4 Å². The van der Waals surface area contributed by atoms with Gasteiger partial charge in [0.15, 0.2) is 5.84 Å². The van der Waals surface area contributed by atoms with E-state index in [1.807, 2.05) is 11.0 Å². The van der Waals surface area contributed by atoms with Gasteiger partial charge in [-0.15, -0.1) is 0 Å². The number of ether oxygens (including phenoxy) is 1. The van der Waals surface area contributed by atoms with Crippen LogP contribution in [0.2, 0.25) is 0 Å². The van der Waals surface area contributed by atoms with E-state index >= 15 is 0 Å². The van der Waals surface area contributed by atoms with Gasteiger partial charge in [0.05, 0.1) is 11.3 Å². The van der Waals surface area contributed by atoms with Crippen LogP contribution in [0.1, 0.15) is 31.7 Å². The summed E-state index contributed by atoms with van der Waals surface area (Å²) in [5.41, 5.74) is 4.26. The highest BCUT2D eigenvalue weighted by atomic mass is 19.4. The number of halogens is 3. The molecule has 2 heterocycles. The number of nitrogens with one attached hydrogen (secondary N) is 2. The summed E-state index contributed by atoms with van der Waals surface area (Å²) in [6, 6.07) is 8.68. The molecule has 1 fully saturated rings. The van der Waals surface area contributed by atoms with Crippen molar-refractivity contribution in [2.75, 3.05) is 16.8 Å². The van der Waals surface area contributed by atoms with E-state index in [9.17, 15) is 18.0 Å². The van der Waals surface area contributed by atoms with Crippen molar-refractivity contribution < 1.29 is 22.7 Å². The van der Waals surface area contributed by atoms with E-state index in [4.69, 9.17) is 4.74 Å². The predicted molar refractivity (Wildman–Crippen MR) is 111 cm³/mol. The number of hydrogen-bond donors (Lipinski definition) is 2. The fourth-order valence-electron chi connectivity index (χ4n) is 4.07. The third-order valence-electron chi connectivity index (χ3n) is 6.02. The van der Waals surface area contributed by atoms with Gasteiger partial charge in [0, 0.05) is 17.3 Å². The highest BCUT2D eigenvalue weighted by molar-refractivity contribution is 6.10. The van der Waals surface area contributed by atoms with Crippen LogP contribution in [0.25, 0.3) is 11.1 Å². The van der Waals surface area contributed by atoms with Crippen molar-refractivity contribution in [1.82, 2.24) is 5.43 Å². The Balaban J connectivity index is 1.63. The molecule has 1 atom stereocenters. The molecule has 5 rings (SSSR count). The van der Waals surface area contributed by atoms with Gasteiger partial charge in [-0.05, 0) is 56.0 Å². The van der Waals surface area contributed by atoms with Crippen molar-refractivity contribution >= 4 is 23.1 Å². The molecule has 162 valence electrons. The molecule has 3 aliphatic rings. The van der Waals surface area contributed by atoms with Crippen LogP contribution < -0.4 is 20.4 Å². The van der Waals surface area contributed by atoms with Crippen LogP contribution in [0, 0.1) is 0 Å². The second-order valence-electron chi connectivity index (χ2n) is 8.05. The molecule has 2 N–H and O–H groups in total. The maximum Gasteiger partial charge on any atom is 0.416 e. The normalized spacial score (nSPS) is 20.6. The molecule has 2 aromatic rings. The molecule has 0 spiro atoms. The number of carbonyl (C=O) groups excluding carboxylic acids is 1. The lowest BCUT2D eigenvalue weighted by molar-refractivity contribution is -0.137. The number of alkyl halides is 3. The number of hydrogen-bond acceptors (Lipinski definition) is 5. The van der Waals surface area contributed by atoms with E-state index in [-0.39, 0.29) is 18.6 Å². The van der Waals surface area contributed by atoms with Gasteiger partial charge in [0.25, 0.3) is 5.91 Å². The van der Waals surface area contributed by atoms with Crippen molar-refractivity contribution in [2.45, 2.75) is 44.4 Å². The van der Waals surface area contributed by atoms with E-state index < -0.39 is 17.8 Å². The second-order valence-corrected chi connectivity index (χ2v) is 8.05. The minimum atomic E-state index is -4.43. The number of amides is 1. The van der Waals surface area contributed by atoms with Crippen molar-refractivity contribution in [1.29, 1.82) is 0 Å². The van der Waals surface area contributed by atoms with E-state index in [0.717, 1.165) is 31.4 Å². The van der Waals surface area contributed by atoms with Crippen LogP contribution in [0.5, 0.6) is 5.75 Å². The van der Waals surface area contributed by atoms with Gasteiger partial charge in [-0.3, -0.25) is 4.79 Å². The number of fused-ring (bicyclic) bond motifs is 3. The summed E-state index contributed by atoms with van der Waals surface area (Å²) in [6.45, 7) is 1.94. The monoisotopic (exact) mass is 430 g/mol. The molecule has 0 saturated heterocycles. The Bertz CT molecular complexity index is 1080. The van der Waals surface area contributed by atoms with E-state index in [0.29, 0.717) is 34.1 Å². The first-order valence-electron chi connectivity index (χ1n) is 10.2. The summed E-state index contributed by atoms with van der Waals surface area (Å²) in [5.74, 6) is 0.861. The lowest BCUT2D eigenvalue weighted by atomic mass is 9.91. The van der Waals surface area contributed by atoms with Gasteiger partial charge in [-0.2, -0.15) is 18.3 Å². The molecule has 0 aromatic heterocycles. The zero-order valence-electron chi connectivity index (χ0n) is 16.8. The Labute approximate surface area is 177 Å². The molecule has 6 nitrogen and oxygen atoms in total. The van der Waals surface area contributed by atoms with E-state index in [2.05, 4.69) is 15.8 Å². The molecule has 1 saturated carbocycles. The van der Waals surface area contributed by atoms with Gasteiger partial charge in [-0.1, -0.05) is 12.1 Å². The Kier molecular flexibility index (Phi) is 4.56. The Morgan fingerprint density at radius 3 is 2.74 bits per heavy atom. The lowest BCUT2D eigenvalue weighted by Crippen LogP contribution is -2.55. The first-order valence-corrected chi connectivity index (χ1v) is 10.2. The van der Waals surface area contributed by atoms with Gasteiger partial charge < -0.3 is 15.0 Å². The molecule has 9 heteroatoms. The zero-order chi connectivity index (χ0) is 21.8. The highest BCUT2D eigenvalue weighted by Gasteiger charge is 2.36. The van der Waals surface area contributed by atoms with Crippen molar-refractivity contribution in [3.8, 4) is 16.9 Å². The third-order valence-corrected chi connectivity index (χ3v) is 6.02. The van der Waals surface area contributed by atoms with Gasteiger partial charge >= 0.3 is 6.18 Å². The van der Waals surface area contributed by atoms with Crippen LogP contribution >= 0.6 is 0 Å². The average molecular weight is 430 g/mol. The maximum atomic E-state index is 13.3. The largest absolute Gasteiger partial charge is 0.483 e. The van der Waals surface area contributed by atoms with Crippen molar-refractivity contribution in [3.05, 3.63) is 42.0 Å². The molecule has 31 heavy (non-hydrogen) atoms. The molecule has 0 radical (unpaired) electrons. The molecule has 1 aliphatic carbocycles. The van der Waals surface area contributed by atoms with E-state index in [1.54, 1.807) is 19.1 Å². The molecular weight excluding hydrogens is 409 g/mol. The maximum absolute atomic E-state index is 13.3. The second kappa shape index (κ2) is 7.18. The number of carbonyl (C=O) groups is 1. The van der Waals surface area contributed by atoms with Crippen LogP contribution in [0.15, 0.2) is 41.5 Å². The number of benzene rings is 2. The number of rotatable bonds is 3. The van der Waals surface area contributed by atoms with Crippen molar-refractivity contribution in [2.24, 2.45) is 5.10 Å². The number of anilines is 2. The van der Waals surface area contributed by atoms with Crippen LogP contribution in [0.3, 0.4) is 0 Å². The minimum absolute atomic E-state index is 0.162. The van der Waals surface area contributed by atoms with Gasteiger partial charge in [-0.25, -0.2) is 5.43 Å². The third kappa shape index (κ3) is 3.47. The molecule has 1 amide bonds. The highest BCUT2D eigenvalue weighted by Crippen LogP contribution is 2.44. The average Bonchev–Trinajstić information content (AvgIpc) is 2.72. The number of amidine groups is 1. The number of hydrazone groups is 1. The van der Waals surface area contributed by atoms with Crippen molar-refractivity contribution in [3.63, 3.8) is 0 Å². The Morgan fingerprint density at radius 2 is 2.03 bits per heavy atom. The standard InChI is InChI=1S/C22H21F3N4O2/c1-12-21(30)28-27-20-11-31-19-9-16(13-4-2-5-14(8-13)22(23,24)25)17(10-18(19)29(12)20)26-15-6-3-7-15/h2,4-5,8-10,12,15,26H,3,6-7,11H2,1H3,(H,28,30). The molecule has 2 aromatic carbocycles. The predicted octanol–water partition coefficient (Wildman–Crippen LogP) is 4.37. The summed E-state index contributed by atoms with van der Waals surface area (Å²) < 4.78 is 45.8. The molecular formula is C22H21F3N4O2. The lowest BCUT2D eigenvalue weighted by Gasteiger charge is -2.39. The van der Waals surface area contributed by atoms with Crippen LogP contribution in [0.4, 0.5) is 24.5 Å². The summed E-state index contributed by atoms with van der Waals surface area (Å²) in [4.78, 5) is 14.0. The molecule has 1 unspecified atom stereocenters. The minimum Gasteiger partial charge on any atom is -0.483 e. The summed E-state index contributed by atoms with van der Waals surface area (Å²) in [7, 11) is 0. The molecule has 2 aliphatic heterocycles. The Hall–Kier alpha value is -3.23. The number of nitrogens with zero attached hydrogens (tertiary/aromatic N) is 2. The molecule has 0 bridgehead atoms. The smallest absolute Gasteiger partial charge is 0.416 e.